The third-order valence-corrected chi connectivity index (χ3v) is 4.72. The lowest BCUT2D eigenvalue weighted by atomic mass is 10.2. The smallest absolute Gasteiger partial charge is 0.340 e. The van der Waals surface area contributed by atoms with E-state index in [0.717, 1.165) is 5.56 Å². The molecule has 2 aromatic carbocycles. The van der Waals surface area contributed by atoms with E-state index in [1.807, 2.05) is 30.3 Å². The molecule has 0 aliphatic heterocycles. The number of nitrogens with one attached hydrogen (secondary N) is 1. The largest absolute Gasteiger partial charge is 0.449 e. The fourth-order valence-corrected chi connectivity index (χ4v) is 2.99. The lowest BCUT2D eigenvalue weighted by molar-refractivity contribution is -0.129. The van der Waals surface area contributed by atoms with Crippen molar-refractivity contribution >= 4 is 29.4 Å². The highest BCUT2D eigenvalue weighted by Crippen LogP contribution is 2.23. The van der Waals surface area contributed by atoms with Crippen LogP contribution in [0.15, 0.2) is 59.5 Å². The highest BCUT2D eigenvalue weighted by molar-refractivity contribution is 8.00. The molecular weight excluding hydrogens is 350 g/mol. The molecule has 1 N–H and O–H groups in total. The second-order valence-electron chi connectivity index (χ2n) is 5.74. The molecule has 0 aliphatic rings. The third-order valence-electron chi connectivity index (χ3n) is 3.50. The van der Waals surface area contributed by atoms with Crippen LogP contribution < -0.4 is 5.32 Å². The van der Waals surface area contributed by atoms with Crippen molar-refractivity contribution in [3.63, 3.8) is 0 Å². The fraction of sp³-hybridized carbons (Fsp3) is 0.250. The third kappa shape index (κ3) is 6.04. The number of thioether (sulfide) groups is 1. The summed E-state index contributed by atoms with van der Waals surface area (Å²) in [5, 5.41) is 2.74. The topological polar surface area (TPSA) is 72.5 Å². The molecule has 136 valence electrons. The van der Waals surface area contributed by atoms with Crippen LogP contribution in [0.2, 0.25) is 0 Å². The molecule has 6 heteroatoms. The van der Waals surface area contributed by atoms with E-state index in [4.69, 9.17) is 4.74 Å². The Hall–Kier alpha value is -2.60. The first-order valence-electron chi connectivity index (χ1n) is 8.21. The number of amides is 1. The van der Waals surface area contributed by atoms with Crippen LogP contribution >= 0.6 is 11.8 Å². The Morgan fingerprint density at radius 2 is 1.69 bits per heavy atom. The van der Waals surface area contributed by atoms with Crippen molar-refractivity contribution in [2.24, 2.45) is 0 Å². The van der Waals surface area contributed by atoms with Gasteiger partial charge < -0.3 is 10.1 Å². The number of ether oxygens (including phenoxy) is 1. The van der Waals surface area contributed by atoms with E-state index in [1.54, 1.807) is 24.3 Å². The Kier molecular flexibility index (Phi) is 7.41. The average Bonchev–Trinajstić information content (AvgIpc) is 2.65. The molecule has 2 aromatic rings. The predicted molar refractivity (Wildman–Crippen MR) is 101 cm³/mol. The molecule has 0 bridgehead atoms. The van der Waals surface area contributed by atoms with Gasteiger partial charge in [0, 0.05) is 11.4 Å². The van der Waals surface area contributed by atoms with Gasteiger partial charge in [-0.25, -0.2) is 4.79 Å². The van der Waals surface area contributed by atoms with Crippen molar-refractivity contribution in [3.8, 4) is 0 Å². The number of carbonyl (C=O) groups excluding carboxylic acids is 3. The van der Waals surface area contributed by atoms with Gasteiger partial charge in [0.05, 0.1) is 11.3 Å². The monoisotopic (exact) mass is 371 g/mol. The van der Waals surface area contributed by atoms with Gasteiger partial charge in [0.1, 0.15) is 5.78 Å². The van der Waals surface area contributed by atoms with Crippen molar-refractivity contribution in [1.82, 2.24) is 5.32 Å². The normalized spacial score (nSPS) is 11.5. The quantitative estimate of drug-likeness (QED) is 0.570. The number of Topliss-reactive ketones (excluding diaryl/α,β-unsaturated/α-hetero) is 1. The number of carbonyl (C=O) groups is 3. The average molecular weight is 371 g/mol. The summed E-state index contributed by atoms with van der Waals surface area (Å²) >= 11 is 1.28. The molecule has 5 nitrogen and oxygen atoms in total. The molecule has 1 amide bonds. The molecule has 0 aliphatic carbocycles. The molecule has 2 rings (SSSR count). The molecule has 0 aromatic heterocycles. The molecule has 26 heavy (non-hydrogen) atoms. The highest BCUT2D eigenvalue weighted by Gasteiger charge is 2.20. The van der Waals surface area contributed by atoms with Crippen molar-refractivity contribution in [2.75, 3.05) is 5.75 Å². The van der Waals surface area contributed by atoms with Crippen LogP contribution in [0.4, 0.5) is 0 Å². The van der Waals surface area contributed by atoms with E-state index in [9.17, 15) is 14.4 Å². The van der Waals surface area contributed by atoms with Crippen molar-refractivity contribution in [3.05, 3.63) is 65.7 Å². The van der Waals surface area contributed by atoms with E-state index in [-0.39, 0.29) is 17.4 Å². The van der Waals surface area contributed by atoms with Gasteiger partial charge in [0.2, 0.25) is 0 Å². The molecule has 0 heterocycles. The second kappa shape index (κ2) is 9.77. The maximum Gasteiger partial charge on any atom is 0.340 e. The number of rotatable bonds is 8. The Morgan fingerprint density at radius 3 is 2.38 bits per heavy atom. The van der Waals surface area contributed by atoms with Gasteiger partial charge in [-0.1, -0.05) is 42.5 Å². The number of benzene rings is 2. The van der Waals surface area contributed by atoms with Crippen LogP contribution in [-0.2, 0) is 20.9 Å². The van der Waals surface area contributed by atoms with Crippen LogP contribution in [0.3, 0.4) is 0 Å². The molecule has 0 unspecified atom stereocenters. The molecule has 0 saturated carbocycles. The van der Waals surface area contributed by atoms with E-state index in [1.165, 1.54) is 25.6 Å². The van der Waals surface area contributed by atoms with Gasteiger partial charge in [-0.05, 0) is 31.5 Å². The minimum Gasteiger partial charge on any atom is -0.449 e. The molecule has 1 atom stereocenters. The zero-order valence-electron chi connectivity index (χ0n) is 14.7. The molecule has 0 radical (unpaired) electrons. The maximum absolute atomic E-state index is 12.4. The van der Waals surface area contributed by atoms with Gasteiger partial charge in [-0.2, -0.15) is 0 Å². The number of hydrogen-bond donors (Lipinski definition) is 1. The van der Waals surface area contributed by atoms with Crippen LogP contribution in [0.5, 0.6) is 0 Å². The second-order valence-corrected chi connectivity index (χ2v) is 6.75. The SMILES string of the molecule is CC(=O)CSc1ccccc1C(=O)O[C@H](C)C(=O)NCc1ccccc1. The standard InChI is InChI=1S/C20H21NO4S/c1-14(22)13-26-18-11-7-6-10-17(18)20(24)25-15(2)19(23)21-12-16-8-4-3-5-9-16/h3-11,15H,12-13H2,1-2H3,(H,21,23)/t15-/m1/s1. The summed E-state index contributed by atoms with van der Waals surface area (Å²) in [5.74, 6) is -0.654. The molecule has 0 fully saturated rings. The summed E-state index contributed by atoms with van der Waals surface area (Å²) in [5.41, 5.74) is 1.31. The summed E-state index contributed by atoms with van der Waals surface area (Å²) in [7, 11) is 0. The van der Waals surface area contributed by atoms with E-state index < -0.39 is 12.1 Å². The number of esters is 1. The van der Waals surface area contributed by atoms with E-state index >= 15 is 0 Å². The highest BCUT2D eigenvalue weighted by atomic mass is 32.2. The first kappa shape index (κ1) is 19.7. The van der Waals surface area contributed by atoms with Gasteiger partial charge in [0.15, 0.2) is 6.10 Å². The van der Waals surface area contributed by atoms with Gasteiger partial charge in [0.25, 0.3) is 5.91 Å². The Labute approximate surface area is 157 Å². The summed E-state index contributed by atoms with van der Waals surface area (Å²) in [4.78, 5) is 36.4. The minimum atomic E-state index is -0.919. The van der Waals surface area contributed by atoms with Crippen molar-refractivity contribution in [1.29, 1.82) is 0 Å². The predicted octanol–water partition coefficient (Wildman–Crippen LogP) is 3.23. The lowest BCUT2D eigenvalue weighted by Gasteiger charge is -2.15. The summed E-state index contributed by atoms with van der Waals surface area (Å²) in [6.07, 6.45) is -0.919. The lowest BCUT2D eigenvalue weighted by Crippen LogP contribution is -2.35. The van der Waals surface area contributed by atoms with Crippen LogP contribution in [0.1, 0.15) is 29.8 Å². The number of ketones is 1. The van der Waals surface area contributed by atoms with Gasteiger partial charge in [-0.15, -0.1) is 11.8 Å². The van der Waals surface area contributed by atoms with Crippen LogP contribution in [0, 0.1) is 0 Å². The van der Waals surface area contributed by atoms with E-state index in [0.29, 0.717) is 17.0 Å². The maximum atomic E-state index is 12.4. The number of hydrogen-bond acceptors (Lipinski definition) is 5. The Morgan fingerprint density at radius 1 is 1.04 bits per heavy atom. The van der Waals surface area contributed by atoms with Crippen molar-refractivity contribution < 1.29 is 19.1 Å². The minimum absolute atomic E-state index is 0.0202. The van der Waals surface area contributed by atoms with Crippen LogP contribution in [0.25, 0.3) is 0 Å². The molecule has 0 spiro atoms. The van der Waals surface area contributed by atoms with Crippen LogP contribution in [-0.4, -0.2) is 29.5 Å². The van der Waals surface area contributed by atoms with E-state index in [2.05, 4.69) is 5.32 Å². The molecular formula is C20H21NO4S. The summed E-state index contributed by atoms with van der Waals surface area (Å²) in [6, 6.07) is 16.4. The zero-order chi connectivity index (χ0) is 18.9. The van der Waals surface area contributed by atoms with Gasteiger partial charge in [-0.3, -0.25) is 9.59 Å². The Bertz CT molecular complexity index is 776. The van der Waals surface area contributed by atoms with Gasteiger partial charge >= 0.3 is 5.97 Å². The summed E-state index contributed by atoms with van der Waals surface area (Å²) < 4.78 is 5.28. The zero-order valence-corrected chi connectivity index (χ0v) is 15.5. The molecule has 0 saturated heterocycles. The Balaban J connectivity index is 1.94. The fourth-order valence-electron chi connectivity index (χ4n) is 2.15. The summed E-state index contributed by atoms with van der Waals surface area (Å²) in [6.45, 7) is 3.39. The first-order valence-corrected chi connectivity index (χ1v) is 9.20. The van der Waals surface area contributed by atoms with Crippen molar-refractivity contribution in [2.45, 2.75) is 31.4 Å². The first-order chi connectivity index (χ1) is 12.5.